The number of carbonyl (C=O) groups excluding carboxylic acids is 1. The molecule has 2 aromatic rings. The lowest BCUT2D eigenvalue weighted by molar-refractivity contribution is -0.119. The fourth-order valence-electron chi connectivity index (χ4n) is 2.25. The van der Waals surface area contributed by atoms with E-state index in [1.54, 1.807) is 11.8 Å². The topological polar surface area (TPSA) is 88.1 Å². The summed E-state index contributed by atoms with van der Waals surface area (Å²) in [7, 11) is -2.26. The van der Waals surface area contributed by atoms with Crippen molar-refractivity contribution in [3.63, 3.8) is 0 Å². The molecule has 0 aliphatic heterocycles. The van der Waals surface area contributed by atoms with Crippen LogP contribution in [0.4, 0.5) is 5.69 Å². The van der Waals surface area contributed by atoms with Crippen LogP contribution in [-0.2, 0) is 14.8 Å². The van der Waals surface area contributed by atoms with Crippen LogP contribution in [0.2, 0.25) is 5.02 Å². The highest BCUT2D eigenvalue weighted by molar-refractivity contribution is 7.98. The first kappa shape index (κ1) is 22.1. The van der Waals surface area contributed by atoms with Gasteiger partial charge in [0.1, 0.15) is 12.3 Å². The van der Waals surface area contributed by atoms with Crippen LogP contribution >= 0.6 is 23.4 Å². The summed E-state index contributed by atoms with van der Waals surface area (Å²) in [5, 5.41) is 4.11. The summed E-state index contributed by atoms with van der Waals surface area (Å²) in [6.45, 7) is -0.440. The predicted molar refractivity (Wildman–Crippen MR) is 114 cm³/mol. The number of benzene rings is 2. The Labute approximate surface area is 173 Å². The molecule has 0 saturated heterocycles. The molecule has 0 unspecified atom stereocenters. The summed E-state index contributed by atoms with van der Waals surface area (Å²) in [6.07, 6.45) is 4.47. The van der Waals surface area contributed by atoms with E-state index in [1.165, 1.54) is 31.5 Å². The minimum Gasteiger partial charge on any atom is -0.495 e. The van der Waals surface area contributed by atoms with Crippen molar-refractivity contribution in [3.8, 4) is 5.75 Å². The number of thioether (sulfide) groups is 1. The Balaban J connectivity index is 2.08. The van der Waals surface area contributed by atoms with Crippen molar-refractivity contribution < 1.29 is 17.9 Å². The van der Waals surface area contributed by atoms with E-state index in [9.17, 15) is 13.2 Å². The standard InChI is InChI=1S/C18H20ClN3O4S2/c1-26-17-9-6-14(10-16(17)19)22(28(3,24)25)12-18(23)21-20-11-13-4-7-15(27-2)8-5-13/h4-11H,12H2,1-3H3,(H,21,23)/b20-11-. The summed E-state index contributed by atoms with van der Waals surface area (Å²) in [5.74, 6) is -0.185. The van der Waals surface area contributed by atoms with Crippen molar-refractivity contribution in [2.45, 2.75) is 4.90 Å². The summed E-state index contributed by atoms with van der Waals surface area (Å²) in [4.78, 5) is 13.3. The Morgan fingerprint density at radius 1 is 1.29 bits per heavy atom. The number of hydrogen-bond acceptors (Lipinski definition) is 6. The minimum absolute atomic E-state index is 0.237. The maximum absolute atomic E-state index is 12.2. The smallest absolute Gasteiger partial charge is 0.260 e. The zero-order valence-corrected chi connectivity index (χ0v) is 17.9. The van der Waals surface area contributed by atoms with E-state index in [-0.39, 0.29) is 10.7 Å². The number of nitrogens with one attached hydrogen (secondary N) is 1. The molecule has 28 heavy (non-hydrogen) atoms. The van der Waals surface area contributed by atoms with E-state index in [2.05, 4.69) is 10.5 Å². The van der Waals surface area contributed by atoms with Gasteiger partial charge in [-0.2, -0.15) is 5.10 Å². The normalized spacial score (nSPS) is 11.4. The minimum atomic E-state index is -3.72. The number of sulfonamides is 1. The molecular formula is C18H20ClN3O4S2. The summed E-state index contributed by atoms with van der Waals surface area (Å²) in [5.41, 5.74) is 3.39. The second-order valence-electron chi connectivity index (χ2n) is 5.65. The third kappa shape index (κ3) is 6.15. The van der Waals surface area contributed by atoms with E-state index in [4.69, 9.17) is 16.3 Å². The fraction of sp³-hybridized carbons (Fsp3) is 0.222. The Bertz CT molecular complexity index is 963. The first-order valence-electron chi connectivity index (χ1n) is 8.02. The molecular weight excluding hydrogens is 422 g/mol. The Hall–Kier alpha value is -2.23. The van der Waals surface area contributed by atoms with Crippen LogP contribution in [0.1, 0.15) is 5.56 Å². The molecule has 150 valence electrons. The number of rotatable bonds is 8. The molecule has 0 aliphatic carbocycles. The molecule has 0 spiro atoms. The van der Waals surface area contributed by atoms with Gasteiger partial charge < -0.3 is 4.74 Å². The van der Waals surface area contributed by atoms with Crippen LogP contribution in [0.15, 0.2) is 52.5 Å². The maximum Gasteiger partial charge on any atom is 0.260 e. The van der Waals surface area contributed by atoms with Crippen LogP contribution in [0.5, 0.6) is 5.75 Å². The molecule has 0 heterocycles. The molecule has 0 aromatic heterocycles. The van der Waals surface area contributed by atoms with Gasteiger partial charge in [-0.05, 0) is 42.2 Å². The highest BCUT2D eigenvalue weighted by Gasteiger charge is 2.21. The van der Waals surface area contributed by atoms with E-state index >= 15 is 0 Å². The third-order valence-electron chi connectivity index (χ3n) is 3.63. The van der Waals surface area contributed by atoms with Crippen molar-refractivity contribution in [1.82, 2.24) is 5.43 Å². The number of carbonyl (C=O) groups is 1. The zero-order chi connectivity index (χ0) is 20.7. The average molecular weight is 442 g/mol. The largest absolute Gasteiger partial charge is 0.495 e. The lowest BCUT2D eigenvalue weighted by Gasteiger charge is -2.21. The molecule has 7 nitrogen and oxygen atoms in total. The number of amides is 1. The second kappa shape index (κ2) is 9.81. The van der Waals surface area contributed by atoms with Crippen LogP contribution in [0, 0.1) is 0 Å². The monoisotopic (exact) mass is 441 g/mol. The molecule has 0 radical (unpaired) electrons. The lowest BCUT2D eigenvalue weighted by Crippen LogP contribution is -2.39. The quantitative estimate of drug-likeness (QED) is 0.386. The Morgan fingerprint density at radius 2 is 1.96 bits per heavy atom. The van der Waals surface area contributed by atoms with Gasteiger partial charge in [0.25, 0.3) is 5.91 Å². The summed E-state index contributed by atoms with van der Waals surface area (Å²) < 4.78 is 30.2. The van der Waals surface area contributed by atoms with Crippen molar-refractivity contribution in [1.29, 1.82) is 0 Å². The van der Waals surface area contributed by atoms with Gasteiger partial charge in [0.15, 0.2) is 0 Å². The number of methoxy groups -OCH3 is 1. The molecule has 0 bridgehead atoms. The second-order valence-corrected chi connectivity index (χ2v) is 8.85. The number of hydrazone groups is 1. The molecule has 2 rings (SSSR count). The van der Waals surface area contributed by atoms with Crippen LogP contribution < -0.4 is 14.5 Å². The zero-order valence-electron chi connectivity index (χ0n) is 15.5. The molecule has 2 aromatic carbocycles. The third-order valence-corrected chi connectivity index (χ3v) is 5.81. The van der Waals surface area contributed by atoms with Crippen LogP contribution in [0.3, 0.4) is 0 Å². The van der Waals surface area contributed by atoms with Crippen molar-refractivity contribution in [3.05, 3.63) is 53.1 Å². The van der Waals surface area contributed by atoms with E-state index < -0.39 is 22.5 Å². The number of anilines is 1. The first-order chi connectivity index (χ1) is 13.2. The van der Waals surface area contributed by atoms with E-state index in [0.717, 1.165) is 21.0 Å². The molecule has 1 N–H and O–H groups in total. The average Bonchev–Trinajstić information content (AvgIpc) is 2.65. The molecule has 0 atom stereocenters. The molecule has 0 saturated carbocycles. The van der Waals surface area contributed by atoms with Gasteiger partial charge >= 0.3 is 0 Å². The molecule has 10 heteroatoms. The Kier molecular flexibility index (Phi) is 7.73. The van der Waals surface area contributed by atoms with E-state index in [1.807, 2.05) is 30.5 Å². The van der Waals surface area contributed by atoms with Crippen LogP contribution in [0.25, 0.3) is 0 Å². The summed E-state index contributed by atoms with van der Waals surface area (Å²) in [6, 6.07) is 12.1. The van der Waals surface area contributed by atoms with Crippen molar-refractivity contribution >= 4 is 51.2 Å². The number of halogens is 1. The Morgan fingerprint density at radius 3 is 2.50 bits per heavy atom. The number of nitrogens with zero attached hydrogens (tertiary/aromatic N) is 2. The van der Waals surface area contributed by atoms with Gasteiger partial charge in [-0.1, -0.05) is 23.7 Å². The fourth-order valence-corrected chi connectivity index (χ4v) is 3.75. The molecule has 0 aliphatic rings. The molecule has 0 fully saturated rings. The van der Waals surface area contributed by atoms with E-state index in [0.29, 0.717) is 5.75 Å². The van der Waals surface area contributed by atoms with Gasteiger partial charge in [0.05, 0.1) is 30.3 Å². The number of hydrogen-bond donors (Lipinski definition) is 1. The summed E-state index contributed by atoms with van der Waals surface area (Å²) >= 11 is 7.68. The van der Waals surface area contributed by atoms with Gasteiger partial charge in [0.2, 0.25) is 10.0 Å². The maximum atomic E-state index is 12.2. The SMILES string of the molecule is COc1ccc(N(CC(=O)N/N=C\c2ccc(SC)cc2)S(C)(=O)=O)cc1Cl. The van der Waals surface area contributed by atoms with Gasteiger partial charge in [0, 0.05) is 4.90 Å². The first-order valence-corrected chi connectivity index (χ1v) is 11.5. The molecule has 1 amide bonds. The van der Waals surface area contributed by atoms with Gasteiger partial charge in [-0.3, -0.25) is 9.10 Å². The van der Waals surface area contributed by atoms with Crippen molar-refractivity contribution in [2.75, 3.05) is 30.5 Å². The lowest BCUT2D eigenvalue weighted by atomic mass is 10.2. The van der Waals surface area contributed by atoms with Crippen molar-refractivity contribution in [2.24, 2.45) is 5.10 Å². The predicted octanol–water partition coefficient (Wildman–Crippen LogP) is 2.99. The van der Waals surface area contributed by atoms with Crippen LogP contribution in [-0.4, -0.2) is 46.7 Å². The van der Waals surface area contributed by atoms with Gasteiger partial charge in [-0.15, -0.1) is 11.8 Å². The van der Waals surface area contributed by atoms with Gasteiger partial charge in [-0.25, -0.2) is 13.8 Å². The number of ether oxygens (including phenoxy) is 1. The highest BCUT2D eigenvalue weighted by atomic mass is 35.5. The highest BCUT2D eigenvalue weighted by Crippen LogP contribution is 2.30.